The standard InChI is InChI=1S/C15H22ClF2N/c1-5-7-19-14(15(3,4)6-2)10-8-12(17)13(18)9-11(10)16/h8-9,14,19H,5-7H2,1-4H3. The zero-order valence-corrected chi connectivity index (χ0v) is 12.7. The summed E-state index contributed by atoms with van der Waals surface area (Å²) in [7, 11) is 0. The SMILES string of the molecule is CCCNC(c1cc(F)c(F)cc1Cl)C(C)(C)CC. The summed E-state index contributed by atoms with van der Waals surface area (Å²) in [6.45, 7) is 9.14. The maximum atomic E-state index is 13.5. The average Bonchev–Trinajstić information content (AvgIpc) is 2.35. The molecule has 0 amide bonds. The van der Waals surface area contributed by atoms with Crippen LogP contribution in [0, 0.1) is 17.0 Å². The van der Waals surface area contributed by atoms with Gasteiger partial charge in [-0.05, 0) is 42.5 Å². The topological polar surface area (TPSA) is 12.0 Å². The lowest BCUT2D eigenvalue weighted by Crippen LogP contribution is -2.34. The molecule has 0 saturated carbocycles. The number of halogens is 3. The van der Waals surface area contributed by atoms with Gasteiger partial charge in [0.25, 0.3) is 0 Å². The molecular weight excluding hydrogens is 268 g/mol. The van der Waals surface area contributed by atoms with Gasteiger partial charge in [0, 0.05) is 11.1 Å². The molecule has 1 rings (SSSR count). The minimum absolute atomic E-state index is 0.0942. The monoisotopic (exact) mass is 289 g/mol. The molecule has 1 N–H and O–H groups in total. The van der Waals surface area contributed by atoms with Gasteiger partial charge in [0.15, 0.2) is 11.6 Å². The Labute approximate surface area is 119 Å². The van der Waals surface area contributed by atoms with E-state index in [1.807, 2.05) is 0 Å². The van der Waals surface area contributed by atoms with E-state index in [-0.39, 0.29) is 16.5 Å². The van der Waals surface area contributed by atoms with Crippen molar-refractivity contribution in [3.8, 4) is 0 Å². The van der Waals surface area contributed by atoms with E-state index in [1.165, 1.54) is 6.07 Å². The van der Waals surface area contributed by atoms with Crippen molar-refractivity contribution in [1.82, 2.24) is 5.32 Å². The van der Waals surface area contributed by atoms with Crippen LogP contribution in [0.3, 0.4) is 0 Å². The second kappa shape index (κ2) is 6.67. The fourth-order valence-electron chi connectivity index (χ4n) is 2.06. The zero-order valence-electron chi connectivity index (χ0n) is 12.0. The molecule has 108 valence electrons. The van der Waals surface area contributed by atoms with Crippen LogP contribution >= 0.6 is 11.6 Å². The lowest BCUT2D eigenvalue weighted by atomic mass is 9.78. The molecule has 0 aromatic heterocycles. The Morgan fingerprint density at radius 2 is 1.79 bits per heavy atom. The largest absolute Gasteiger partial charge is 0.309 e. The summed E-state index contributed by atoms with van der Waals surface area (Å²) in [5.41, 5.74) is 0.532. The van der Waals surface area contributed by atoms with Gasteiger partial charge >= 0.3 is 0 Å². The fourth-order valence-corrected chi connectivity index (χ4v) is 2.32. The third-order valence-corrected chi connectivity index (χ3v) is 3.97. The second-order valence-electron chi connectivity index (χ2n) is 5.52. The molecule has 0 spiro atoms. The second-order valence-corrected chi connectivity index (χ2v) is 5.92. The highest BCUT2D eigenvalue weighted by Crippen LogP contribution is 2.39. The molecule has 0 aliphatic heterocycles. The molecule has 0 aliphatic carbocycles. The summed E-state index contributed by atoms with van der Waals surface area (Å²) in [6.07, 6.45) is 1.88. The quantitative estimate of drug-likeness (QED) is 0.719. The van der Waals surface area contributed by atoms with Gasteiger partial charge in [-0.3, -0.25) is 0 Å². The first-order valence-electron chi connectivity index (χ1n) is 6.71. The maximum Gasteiger partial charge on any atom is 0.160 e. The minimum Gasteiger partial charge on any atom is -0.309 e. The molecule has 4 heteroatoms. The highest BCUT2D eigenvalue weighted by atomic mass is 35.5. The van der Waals surface area contributed by atoms with Crippen molar-refractivity contribution in [1.29, 1.82) is 0 Å². The van der Waals surface area contributed by atoms with Crippen LogP contribution in [-0.4, -0.2) is 6.54 Å². The van der Waals surface area contributed by atoms with E-state index in [1.54, 1.807) is 0 Å². The van der Waals surface area contributed by atoms with Gasteiger partial charge in [-0.1, -0.05) is 39.3 Å². The summed E-state index contributed by atoms with van der Waals surface area (Å²) in [6, 6.07) is 2.17. The average molecular weight is 290 g/mol. The van der Waals surface area contributed by atoms with Crippen LogP contribution in [0.4, 0.5) is 8.78 Å². The van der Waals surface area contributed by atoms with Crippen molar-refractivity contribution in [2.24, 2.45) is 5.41 Å². The van der Waals surface area contributed by atoms with Gasteiger partial charge in [-0.2, -0.15) is 0 Å². The third-order valence-electron chi connectivity index (χ3n) is 3.64. The summed E-state index contributed by atoms with van der Waals surface area (Å²) < 4.78 is 26.6. The Hall–Kier alpha value is -0.670. The van der Waals surface area contributed by atoms with Crippen molar-refractivity contribution >= 4 is 11.6 Å². The normalized spacial score (nSPS) is 13.6. The predicted octanol–water partition coefficient (Wildman–Crippen LogP) is 5.10. The molecule has 1 nitrogen and oxygen atoms in total. The molecular formula is C15H22ClF2N. The van der Waals surface area contributed by atoms with Crippen molar-refractivity contribution in [2.45, 2.75) is 46.6 Å². The van der Waals surface area contributed by atoms with Gasteiger partial charge in [0.05, 0.1) is 0 Å². The minimum atomic E-state index is -0.905. The van der Waals surface area contributed by atoms with E-state index in [0.717, 1.165) is 25.5 Å². The van der Waals surface area contributed by atoms with Gasteiger partial charge in [-0.15, -0.1) is 0 Å². The van der Waals surface area contributed by atoms with E-state index in [0.29, 0.717) is 5.56 Å². The van der Waals surface area contributed by atoms with E-state index in [9.17, 15) is 8.78 Å². The molecule has 1 unspecified atom stereocenters. The Morgan fingerprint density at radius 3 is 2.32 bits per heavy atom. The van der Waals surface area contributed by atoms with E-state index in [2.05, 4.69) is 33.0 Å². The van der Waals surface area contributed by atoms with Gasteiger partial charge in [0.2, 0.25) is 0 Å². The summed E-state index contributed by atoms with van der Waals surface area (Å²) in [5.74, 6) is -1.76. The smallest absolute Gasteiger partial charge is 0.160 e. The number of nitrogens with one attached hydrogen (secondary N) is 1. The van der Waals surface area contributed by atoms with Gasteiger partial charge < -0.3 is 5.32 Å². The van der Waals surface area contributed by atoms with Crippen LogP contribution in [0.2, 0.25) is 5.02 Å². The molecule has 19 heavy (non-hydrogen) atoms. The molecule has 0 radical (unpaired) electrons. The van der Waals surface area contributed by atoms with Gasteiger partial charge in [-0.25, -0.2) is 8.78 Å². The first-order valence-corrected chi connectivity index (χ1v) is 7.09. The molecule has 1 atom stereocenters. The van der Waals surface area contributed by atoms with Crippen molar-refractivity contribution in [3.63, 3.8) is 0 Å². The maximum absolute atomic E-state index is 13.5. The molecule has 0 heterocycles. The molecule has 1 aromatic carbocycles. The number of hydrogen-bond acceptors (Lipinski definition) is 1. The Balaban J connectivity index is 3.21. The molecule has 0 fully saturated rings. The van der Waals surface area contributed by atoms with Crippen molar-refractivity contribution in [3.05, 3.63) is 34.4 Å². The van der Waals surface area contributed by atoms with Crippen LogP contribution in [0.25, 0.3) is 0 Å². The highest BCUT2D eigenvalue weighted by Gasteiger charge is 2.31. The third kappa shape index (κ3) is 3.90. The van der Waals surface area contributed by atoms with E-state index in [4.69, 9.17) is 11.6 Å². The first kappa shape index (κ1) is 16.4. The first-order chi connectivity index (χ1) is 8.83. The Kier molecular flexibility index (Phi) is 5.75. The van der Waals surface area contributed by atoms with E-state index < -0.39 is 11.6 Å². The molecule has 0 bridgehead atoms. The molecule has 1 aromatic rings. The number of benzene rings is 1. The van der Waals surface area contributed by atoms with Crippen LogP contribution in [0.1, 0.15) is 52.1 Å². The lowest BCUT2D eigenvalue weighted by molar-refractivity contribution is 0.234. The van der Waals surface area contributed by atoms with Crippen LogP contribution < -0.4 is 5.32 Å². The fraction of sp³-hybridized carbons (Fsp3) is 0.600. The van der Waals surface area contributed by atoms with Crippen LogP contribution in [-0.2, 0) is 0 Å². The van der Waals surface area contributed by atoms with Crippen molar-refractivity contribution in [2.75, 3.05) is 6.54 Å². The molecule has 0 aliphatic rings. The Morgan fingerprint density at radius 1 is 1.21 bits per heavy atom. The number of hydrogen-bond donors (Lipinski definition) is 1. The van der Waals surface area contributed by atoms with Crippen molar-refractivity contribution < 1.29 is 8.78 Å². The number of rotatable bonds is 6. The summed E-state index contributed by atoms with van der Waals surface area (Å²) in [4.78, 5) is 0. The summed E-state index contributed by atoms with van der Waals surface area (Å²) >= 11 is 6.09. The van der Waals surface area contributed by atoms with Crippen LogP contribution in [0.15, 0.2) is 12.1 Å². The van der Waals surface area contributed by atoms with E-state index >= 15 is 0 Å². The molecule has 0 saturated heterocycles. The summed E-state index contributed by atoms with van der Waals surface area (Å²) in [5, 5.41) is 3.66. The lowest BCUT2D eigenvalue weighted by Gasteiger charge is -2.35. The van der Waals surface area contributed by atoms with Gasteiger partial charge in [0.1, 0.15) is 0 Å². The predicted molar refractivity (Wildman–Crippen MR) is 76.5 cm³/mol. The Bertz CT molecular complexity index is 432. The highest BCUT2D eigenvalue weighted by molar-refractivity contribution is 6.31. The van der Waals surface area contributed by atoms with Crippen LogP contribution in [0.5, 0.6) is 0 Å². The zero-order chi connectivity index (χ0) is 14.6.